The first kappa shape index (κ1) is 13.5. The molecule has 4 nitrogen and oxygen atoms in total. The van der Waals surface area contributed by atoms with Gasteiger partial charge in [0.2, 0.25) is 5.91 Å². The Bertz CT molecular complexity index is 563. The van der Waals surface area contributed by atoms with Crippen molar-refractivity contribution in [3.8, 4) is 0 Å². The fourth-order valence-corrected chi connectivity index (χ4v) is 2.13. The molecule has 0 aliphatic carbocycles. The van der Waals surface area contributed by atoms with E-state index in [4.69, 9.17) is 0 Å². The first-order valence-corrected chi connectivity index (χ1v) is 6.56. The van der Waals surface area contributed by atoms with Crippen molar-refractivity contribution in [1.82, 2.24) is 10.3 Å². The van der Waals surface area contributed by atoms with E-state index in [-0.39, 0.29) is 11.9 Å². The normalized spacial score (nSPS) is 12.3. The highest BCUT2D eigenvalue weighted by molar-refractivity contribution is 6.01. The zero-order valence-electron chi connectivity index (χ0n) is 11.3. The number of pyridine rings is 1. The molecule has 1 aromatic heterocycles. The molecule has 0 spiro atoms. The zero-order chi connectivity index (χ0) is 13.7. The minimum Gasteiger partial charge on any atom is -0.325 e. The Morgan fingerprint density at radius 1 is 1.37 bits per heavy atom. The van der Waals surface area contributed by atoms with E-state index in [1.54, 1.807) is 12.4 Å². The van der Waals surface area contributed by atoms with Crippen LogP contribution >= 0.6 is 0 Å². The molecule has 4 heteroatoms. The molecule has 2 N–H and O–H groups in total. The molecule has 19 heavy (non-hydrogen) atoms. The van der Waals surface area contributed by atoms with E-state index in [2.05, 4.69) is 15.6 Å². The van der Waals surface area contributed by atoms with Crippen molar-refractivity contribution in [3.63, 3.8) is 0 Å². The van der Waals surface area contributed by atoms with E-state index in [1.807, 2.05) is 38.1 Å². The van der Waals surface area contributed by atoms with E-state index in [9.17, 15) is 4.79 Å². The monoisotopic (exact) mass is 257 g/mol. The lowest BCUT2D eigenvalue weighted by Gasteiger charge is -2.13. The molecule has 2 rings (SSSR count). The summed E-state index contributed by atoms with van der Waals surface area (Å²) in [7, 11) is 0. The van der Waals surface area contributed by atoms with E-state index in [0.29, 0.717) is 6.42 Å². The van der Waals surface area contributed by atoms with Crippen LogP contribution in [0.2, 0.25) is 0 Å². The molecule has 1 heterocycles. The molecule has 2 aromatic rings. The smallest absolute Gasteiger partial charge is 0.225 e. The van der Waals surface area contributed by atoms with Crippen molar-refractivity contribution in [2.45, 2.75) is 26.3 Å². The SMILES string of the molecule is CCNC(C)CC(=O)Nc1cccc2cnccc12. The van der Waals surface area contributed by atoms with Crippen LogP contribution in [-0.4, -0.2) is 23.5 Å². The average molecular weight is 257 g/mol. The number of carbonyl (C=O) groups excluding carboxylic acids is 1. The van der Waals surface area contributed by atoms with Gasteiger partial charge in [0.1, 0.15) is 0 Å². The van der Waals surface area contributed by atoms with Crippen LogP contribution in [0.25, 0.3) is 10.8 Å². The Kier molecular flexibility index (Phi) is 4.47. The van der Waals surface area contributed by atoms with Crippen LogP contribution in [-0.2, 0) is 4.79 Å². The number of anilines is 1. The number of hydrogen-bond donors (Lipinski definition) is 2. The summed E-state index contributed by atoms with van der Waals surface area (Å²) in [6.45, 7) is 4.91. The van der Waals surface area contributed by atoms with Gasteiger partial charge in [-0.2, -0.15) is 0 Å². The number of nitrogens with zero attached hydrogens (tertiary/aromatic N) is 1. The van der Waals surface area contributed by atoms with Gasteiger partial charge in [0.05, 0.1) is 0 Å². The fourth-order valence-electron chi connectivity index (χ4n) is 2.13. The topological polar surface area (TPSA) is 54.0 Å². The van der Waals surface area contributed by atoms with Gasteiger partial charge in [0, 0.05) is 41.3 Å². The summed E-state index contributed by atoms with van der Waals surface area (Å²) < 4.78 is 0. The summed E-state index contributed by atoms with van der Waals surface area (Å²) >= 11 is 0. The Hall–Kier alpha value is -1.94. The van der Waals surface area contributed by atoms with Gasteiger partial charge in [-0.05, 0) is 25.6 Å². The molecule has 1 amide bonds. The maximum absolute atomic E-state index is 12.0. The van der Waals surface area contributed by atoms with E-state index in [0.717, 1.165) is 23.0 Å². The number of rotatable bonds is 5. The number of carbonyl (C=O) groups is 1. The molecule has 0 saturated carbocycles. The third-order valence-electron chi connectivity index (χ3n) is 3.00. The highest BCUT2D eigenvalue weighted by Gasteiger charge is 2.09. The fraction of sp³-hybridized carbons (Fsp3) is 0.333. The van der Waals surface area contributed by atoms with Crippen LogP contribution in [0.1, 0.15) is 20.3 Å². The second kappa shape index (κ2) is 6.29. The van der Waals surface area contributed by atoms with Crippen molar-refractivity contribution < 1.29 is 4.79 Å². The quantitative estimate of drug-likeness (QED) is 0.865. The predicted octanol–water partition coefficient (Wildman–Crippen LogP) is 2.56. The van der Waals surface area contributed by atoms with Crippen molar-refractivity contribution in [1.29, 1.82) is 0 Å². The second-order valence-corrected chi connectivity index (χ2v) is 4.61. The third-order valence-corrected chi connectivity index (χ3v) is 3.00. The molecule has 0 aliphatic heterocycles. The summed E-state index contributed by atoms with van der Waals surface area (Å²) in [5.41, 5.74) is 0.841. The average Bonchev–Trinajstić information content (AvgIpc) is 2.39. The van der Waals surface area contributed by atoms with Gasteiger partial charge in [-0.3, -0.25) is 9.78 Å². The van der Waals surface area contributed by atoms with Gasteiger partial charge in [-0.1, -0.05) is 19.1 Å². The summed E-state index contributed by atoms with van der Waals surface area (Å²) in [5, 5.41) is 8.24. The van der Waals surface area contributed by atoms with Gasteiger partial charge in [-0.15, -0.1) is 0 Å². The Morgan fingerprint density at radius 3 is 3.00 bits per heavy atom. The van der Waals surface area contributed by atoms with Crippen LogP contribution < -0.4 is 10.6 Å². The lowest BCUT2D eigenvalue weighted by atomic mass is 10.1. The Balaban J connectivity index is 2.11. The number of hydrogen-bond acceptors (Lipinski definition) is 3. The van der Waals surface area contributed by atoms with Crippen LogP contribution in [0.5, 0.6) is 0 Å². The summed E-state index contributed by atoms with van der Waals surface area (Å²) in [6.07, 6.45) is 4.00. The van der Waals surface area contributed by atoms with Crippen molar-refractivity contribution in [2.24, 2.45) is 0 Å². The van der Waals surface area contributed by atoms with Crippen LogP contribution in [0.3, 0.4) is 0 Å². The van der Waals surface area contributed by atoms with Crippen molar-refractivity contribution in [3.05, 3.63) is 36.7 Å². The predicted molar refractivity (Wildman–Crippen MR) is 78.1 cm³/mol. The van der Waals surface area contributed by atoms with E-state index < -0.39 is 0 Å². The Labute approximate surface area is 113 Å². The van der Waals surface area contributed by atoms with Crippen LogP contribution in [0.4, 0.5) is 5.69 Å². The minimum absolute atomic E-state index is 0.0257. The Morgan fingerprint density at radius 2 is 2.21 bits per heavy atom. The maximum Gasteiger partial charge on any atom is 0.225 e. The number of fused-ring (bicyclic) bond motifs is 1. The highest BCUT2D eigenvalue weighted by atomic mass is 16.1. The molecule has 0 bridgehead atoms. The number of amides is 1. The lowest BCUT2D eigenvalue weighted by molar-refractivity contribution is -0.116. The summed E-state index contributed by atoms with van der Waals surface area (Å²) in [4.78, 5) is 16.1. The van der Waals surface area contributed by atoms with Gasteiger partial charge in [0.25, 0.3) is 0 Å². The van der Waals surface area contributed by atoms with Gasteiger partial charge in [-0.25, -0.2) is 0 Å². The molecule has 0 aliphatic rings. The van der Waals surface area contributed by atoms with Crippen molar-refractivity contribution >= 4 is 22.4 Å². The molecular formula is C15H19N3O. The molecule has 1 aromatic carbocycles. The van der Waals surface area contributed by atoms with Gasteiger partial charge >= 0.3 is 0 Å². The molecule has 0 saturated heterocycles. The van der Waals surface area contributed by atoms with Crippen molar-refractivity contribution in [2.75, 3.05) is 11.9 Å². The molecule has 0 radical (unpaired) electrons. The standard InChI is InChI=1S/C15H19N3O/c1-3-17-11(2)9-15(19)18-14-6-4-5-12-10-16-8-7-13(12)14/h4-8,10-11,17H,3,9H2,1-2H3,(H,18,19). The first-order chi connectivity index (χ1) is 9.20. The highest BCUT2D eigenvalue weighted by Crippen LogP contribution is 2.22. The zero-order valence-corrected chi connectivity index (χ0v) is 11.3. The second-order valence-electron chi connectivity index (χ2n) is 4.61. The molecule has 1 atom stereocenters. The third kappa shape index (κ3) is 3.51. The summed E-state index contributed by atoms with van der Waals surface area (Å²) in [5.74, 6) is 0.0257. The van der Waals surface area contributed by atoms with Crippen LogP contribution in [0, 0.1) is 0 Å². The van der Waals surface area contributed by atoms with Crippen LogP contribution in [0.15, 0.2) is 36.7 Å². The van der Waals surface area contributed by atoms with E-state index >= 15 is 0 Å². The number of nitrogens with one attached hydrogen (secondary N) is 2. The first-order valence-electron chi connectivity index (χ1n) is 6.56. The molecule has 0 fully saturated rings. The number of benzene rings is 1. The molecule has 100 valence electrons. The number of aromatic nitrogens is 1. The van der Waals surface area contributed by atoms with Gasteiger partial charge in [0.15, 0.2) is 0 Å². The van der Waals surface area contributed by atoms with E-state index in [1.165, 1.54) is 0 Å². The summed E-state index contributed by atoms with van der Waals surface area (Å²) in [6, 6.07) is 7.92. The molecular weight excluding hydrogens is 238 g/mol. The maximum atomic E-state index is 12.0. The molecule has 1 unspecified atom stereocenters. The lowest BCUT2D eigenvalue weighted by Crippen LogP contribution is -2.30. The largest absolute Gasteiger partial charge is 0.325 e. The van der Waals surface area contributed by atoms with Gasteiger partial charge < -0.3 is 10.6 Å². The minimum atomic E-state index is 0.0257.